The first-order valence-corrected chi connectivity index (χ1v) is 6.68. The van der Waals surface area contributed by atoms with Crippen molar-refractivity contribution < 1.29 is 4.39 Å². The predicted octanol–water partition coefficient (Wildman–Crippen LogP) is 4.64. The molecule has 0 aliphatic heterocycles. The summed E-state index contributed by atoms with van der Waals surface area (Å²) in [4.78, 5) is 0. The van der Waals surface area contributed by atoms with Crippen molar-refractivity contribution in [1.82, 2.24) is 5.32 Å². The number of nitrogens with one attached hydrogen (secondary N) is 1. The first-order chi connectivity index (χ1) is 9.08. The molecule has 0 spiro atoms. The summed E-state index contributed by atoms with van der Waals surface area (Å²) in [6.07, 6.45) is 0. The zero-order valence-corrected chi connectivity index (χ0v) is 11.8. The molecule has 1 atom stereocenters. The molecule has 3 heteroatoms. The third kappa shape index (κ3) is 3.55. The van der Waals surface area contributed by atoms with E-state index in [4.69, 9.17) is 11.6 Å². The number of aryl methyl sites for hydroxylation is 1. The highest BCUT2D eigenvalue weighted by molar-refractivity contribution is 6.30. The van der Waals surface area contributed by atoms with Crippen molar-refractivity contribution in [2.45, 2.75) is 26.4 Å². The van der Waals surface area contributed by atoms with Gasteiger partial charge in [-0.05, 0) is 25.5 Å². The SMILES string of the molecule is Cc1cccc([C@H](C)NCc2cccc(Cl)c2F)c1. The lowest BCUT2D eigenvalue weighted by Gasteiger charge is -2.15. The Balaban J connectivity index is 2.04. The number of hydrogen-bond donors (Lipinski definition) is 1. The monoisotopic (exact) mass is 277 g/mol. The molecular formula is C16H17ClFN. The Labute approximate surface area is 118 Å². The standard InChI is InChI=1S/C16H17ClFN/c1-11-5-3-6-13(9-11)12(2)19-10-14-7-4-8-15(17)16(14)18/h3-9,12,19H,10H2,1-2H3/t12-/m0/s1. The Morgan fingerprint density at radius 1 is 1.21 bits per heavy atom. The lowest BCUT2D eigenvalue weighted by molar-refractivity contribution is 0.544. The van der Waals surface area contributed by atoms with Crippen molar-refractivity contribution in [2.75, 3.05) is 0 Å². The van der Waals surface area contributed by atoms with Crippen LogP contribution in [0.3, 0.4) is 0 Å². The predicted molar refractivity (Wildman–Crippen MR) is 77.8 cm³/mol. The number of benzene rings is 2. The lowest BCUT2D eigenvalue weighted by atomic mass is 10.1. The van der Waals surface area contributed by atoms with Crippen LogP contribution in [0, 0.1) is 12.7 Å². The summed E-state index contributed by atoms with van der Waals surface area (Å²) in [5.41, 5.74) is 3.01. The van der Waals surface area contributed by atoms with Crippen molar-refractivity contribution in [3.05, 3.63) is 70.0 Å². The van der Waals surface area contributed by atoms with E-state index in [-0.39, 0.29) is 16.9 Å². The molecule has 0 heterocycles. The number of halogens is 2. The average Bonchev–Trinajstić information content (AvgIpc) is 2.40. The molecule has 0 radical (unpaired) electrons. The summed E-state index contributed by atoms with van der Waals surface area (Å²) in [7, 11) is 0. The van der Waals surface area contributed by atoms with Crippen LogP contribution in [0.1, 0.15) is 29.7 Å². The van der Waals surface area contributed by atoms with Crippen LogP contribution in [0.5, 0.6) is 0 Å². The van der Waals surface area contributed by atoms with Crippen LogP contribution in [0.15, 0.2) is 42.5 Å². The van der Waals surface area contributed by atoms with E-state index in [9.17, 15) is 4.39 Å². The van der Waals surface area contributed by atoms with Crippen LogP contribution in [0.25, 0.3) is 0 Å². The largest absolute Gasteiger partial charge is 0.306 e. The van der Waals surface area contributed by atoms with Crippen molar-refractivity contribution in [1.29, 1.82) is 0 Å². The Morgan fingerprint density at radius 2 is 1.95 bits per heavy atom. The molecule has 0 bridgehead atoms. The van der Waals surface area contributed by atoms with E-state index in [2.05, 4.69) is 37.4 Å². The van der Waals surface area contributed by atoms with Crippen molar-refractivity contribution in [2.24, 2.45) is 0 Å². The first-order valence-electron chi connectivity index (χ1n) is 6.31. The quantitative estimate of drug-likeness (QED) is 0.858. The maximum atomic E-state index is 13.7. The molecule has 2 aromatic rings. The molecule has 2 aromatic carbocycles. The van der Waals surface area contributed by atoms with Gasteiger partial charge in [-0.2, -0.15) is 0 Å². The van der Waals surface area contributed by atoms with Gasteiger partial charge in [0.05, 0.1) is 5.02 Å². The Hall–Kier alpha value is -1.38. The molecule has 0 unspecified atom stereocenters. The van der Waals surface area contributed by atoms with Gasteiger partial charge >= 0.3 is 0 Å². The molecule has 2 rings (SSSR count). The average molecular weight is 278 g/mol. The molecule has 0 aliphatic carbocycles. The lowest BCUT2D eigenvalue weighted by Crippen LogP contribution is -2.18. The highest BCUT2D eigenvalue weighted by Gasteiger charge is 2.09. The van der Waals surface area contributed by atoms with Crippen LogP contribution in [0.2, 0.25) is 5.02 Å². The molecule has 0 saturated carbocycles. The van der Waals surface area contributed by atoms with Crippen LogP contribution in [-0.4, -0.2) is 0 Å². The maximum Gasteiger partial charge on any atom is 0.146 e. The van der Waals surface area contributed by atoms with Gasteiger partial charge in [0.25, 0.3) is 0 Å². The Kier molecular flexibility index (Phi) is 4.56. The van der Waals surface area contributed by atoms with E-state index in [0.29, 0.717) is 12.1 Å². The van der Waals surface area contributed by atoms with Crippen molar-refractivity contribution in [3.8, 4) is 0 Å². The van der Waals surface area contributed by atoms with Gasteiger partial charge in [-0.15, -0.1) is 0 Å². The van der Waals surface area contributed by atoms with Crippen LogP contribution in [-0.2, 0) is 6.54 Å². The summed E-state index contributed by atoms with van der Waals surface area (Å²) in [6.45, 7) is 4.59. The Bertz CT molecular complexity index is 568. The summed E-state index contributed by atoms with van der Waals surface area (Å²) < 4.78 is 13.7. The van der Waals surface area contributed by atoms with E-state index in [1.54, 1.807) is 18.2 Å². The van der Waals surface area contributed by atoms with Gasteiger partial charge in [-0.1, -0.05) is 53.6 Å². The fraction of sp³-hybridized carbons (Fsp3) is 0.250. The fourth-order valence-electron chi connectivity index (χ4n) is 2.01. The summed E-state index contributed by atoms with van der Waals surface area (Å²) in [6, 6.07) is 13.5. The van der Waals surface area contributed by atoms with Gasteiger partial charge in [0, 0.05) is 18.2 Å². The van der Waals surface area contributed by atoms with Gasteiger partial charge < -0.3 is 5.32 Å². The van der Waals surface area contributed by atoms with Crippen LogP contribution >= 0.6 is 11.6 Å². The highest BCUT2D eigenvalue weighted by Crippen LogP contribution is 2.19. The molecule has 0 aromatic heterocycles. The summed E-state index contributed by atoms with van der Waals surface area (Å²) in [5.74, 6) is -0.340. The van der Waals surface area contributed by atoms with Crippen molar-refractivity contribution >= 4 is 11.6 Å². The Morgan fingerprint density at radius 3 is 2.68 bits per heavy atom. The third-order valence-corrected chi connectivity index (χ3v) is 3.46. The topological polar surface area (TPSA) is 12.0 Å². The fourth-order valence-corrected chi connectivity index (χ4v) is 2.20. The number of hydrogen-bond acceptors (Lipinski definition) is 1. The molecule has 1 N–H and O–H groups in total. The van der Waals surface area contributed by atoms with Crippen LogP contribution in [0.4, 0.5) is 4.39 Å². The third-order valence-electron chi connectivity index (χ3n) is 3.17. The summed E-state index contributed by atoms with van der Waals surface area (Å²) in [5, 5.41) is 3.48. The van der Waals surface area contributed by atoms with Gasteiger partial charge in [-0.3, -0.25) is 0 Å². The zero-order chi connectivity index (χ0) is 13.8. The first kappa shape index (κ1) is 14.0. The maximum absolute atomic E-state index is 13.7. The molecule has 19 heavy (non-hydrogen) atoms. The van der Waals surface area contributed by atoms with Crippen molar-refractivity contribution in [3.63, 3.8) is 0 Å². The highest BCUT2D eigenvalue weighted by atomic mass is 35.5. The molecule has 0 fully saturated rings. The molecule has 0 saturated heterocycles. The molecule has 100 valence electrons. The van der Waals surface area contributed by atoms with Gasteiger partial charge in [0.1, 0.15) is 5.82 Å². The zero-order valence-electron chi connectivity index (χ0n) is 11.1. The second kappa shape index (κ2) is 6.18. The van der Waals surface area contributed by atoms with Crippen LogP contribution < -0.4 is 5.32 Å². The minimum absolute atomic E-state index is 0.165. The minimum atomic E-state index is -0.340. The van der Waals surface area contributed by atoms with E-state index >= 15 is 0 Å². The molecule has 0 aliphatic rings. The van der Waals surface area contributed by atoms with E-state index in [1.165, 1.54) is 11.1 Å². The van der Waals surface area contributed by atoms with E-state index in [1.807, 2.05) is 6.07 Å². The smallest absolute Gasteiger partial charge is 0.146 e. The minimum Gasteiger partial charge on any atom is -0.306 e. The molecule has 1 nitrogen and oxygen atoms in total. The molecule has 0 amide bonds. The van der Waals surface area contributed by atoms with E-state index in [0.717, 1.165) is 0 Å². The van der Waals surface area contributed by atoms with Gasteiger partial charge in [-0.25, -0.2) is 4.39 Å². The number of rotatable bonds is 4. The summed E-state index contributed by atoms with van der Waals surface area (Å²) >= 11 is 5.76. The molecular weight excluding hydrogens is 261 g/mol. The van der Waals surface area contributed by atoms with E-state index < -0.39 is 0 Å². The second-order valence-corrected chi connectivity index (χ2v) is 5.14. The normalized spacial score (nSPS) is 12.4. The van der Waals surface area contributed by atoms with Gasteiger partial charge in [0.15, 0.2) is 0 Å². The second-order valence-electron chi connectivity index (χ2n) is 4.73. The van der Waals surface area contributed by atoms with Gasteiger partial charge in [0.2, 0.25) is 0 Å².